The van der Waals surface area contributed by atoms with Crippen LogP contribution in [0.4, 0.5) is 11.4 Å². The van der Waals surface area contributed by atoms with Crippen molar-refractivity contribution < 1.29 is 8.42 Å². The number of hydrogen-bond acceptors (Lipinski definition) is 5. The average molecular weight is 298 g/mol. The maximum Gasteiger partial charge on any atom is 0.240 e. The number of hydrogen-bond donors (Lipinski definition) is 2. The zero-order valence-electron chi connectivity index (χ0n) is 11.9. The molecule has 4 N–H and O–H groups in total. The van der Waals surface area contributed by atoms with E-state index in [4.69, 9.17) is 10.9 Å². The van der Waals surface area contributed by atoms with Gasteiger partial charge in [-0.1, -0.05) is 0 Å². The fourth-order valence-electron chi connectivity index (χ4n) is 2.70. The van der Waals surface area contributed by atoms with Gasteiger partial charge in [0.25, 0.3) is 0 Å². The van der Waals surface area contributed by atoms with Gasteiger partial charge >= 0.3 is 0 Å². The molecule has 1 aromatic rings. The van der Waals surface area contributed by atoms with E-state index in [1.54, 1.807) is 12.1 Å². The monoisotopic (exact) mass is 298 g/mol. The first kappa shape index (κ1) is 15.1. The molecule has 0 bridgehead atoms. The molecular weight excluding hydrogens is 276 g/mol. The first-order chi connectivity index (χ1) is 9.27. The quantitative estimate of drug-likeness (QED) is 0.780. The van der Waals surface area contributed by atoms with E-state index in [2.05, 4.69) is 16.8 Å². The number of anilines is 2. The molecule has 1 atom stereocenters. The normalized spacial score (nSPS) is 20.2. The second-order valence-electron chi connectivity index (χ2n) is 5.56. The molecule has 0 spiro atoms. The summed E-state index contributed by atoms with van der Waals surface area (Å²) in [4.78, 5) is 4.40. The number of benzene rings is 1. The number of sulfonamides is 1. The van der Waals surface area contributed by atoms with Crippen molar-refractivity contribution in [3.8, 4) is 0 Å². The molecule has 0 saturated carbocycles. The molecule has 1 unspecified atom stereocenters. The van der Waals surface area contributed by atoms with E-state index in [9.17, 15) is 8.42 Å². The highest BCUT2D eigenvalue weighted by Gasteiger charge is 2.21. The van der Waals surface area contributed by atoms with Gasteiger partial charge in [0.2, 0.25) is 10.0 Å². The van der Waals surface area contributed by atoms with Crippen molar-refractivity contribution in [3.63, 3.8) is 0 Å². The first-order valence-corrected chi connectivity index (χ1v) is 8.14. The lowest BCUT2D eigenvalue weighted by Crippen LogP contribution is -2.27. The van der Waals surface area contributed by atoms with Crippen molar-refractivity contribution in [2.75, 3.05) is 44.4 Å². The van der Waals surface area contributed by atoms with Gasteiger partial charge in [0.15, 0.2) is 0 Å². The molecule has 1 fully saturated rings. The summed E-state index contributed by atoms with van der Waals surface area (Å²) in [5.74, 6) is 0.629. The Morgan fingerprint density at radius 2 is 2.15 bits per heavy atom. The highest BCUT2D eigenvalue weighted by atomic mass is 32.2. The van der Waals surface area contributed by atoms with Crippen LogP contribution in [0.2, 0.25) is 0 Å². The maximum atomic E-state index is 11.3. The van der Waals surface area contributed by atoms with E-state index >= 15 is 0 Å². The van der Waals surface area contributed by atoms with Crippen LogP contribution in [0.1, 0.15) is 6.42 Å². The SMILES string of the molecule is CN1CCC(CN(C)c2ccc(S(N)(=O)=O)c(N)c2)C1. The van der Waals surface area contributed by atoms with Gasteiger partial charge in [-0.3, -0.25) is 0 Å². The van der Waals surface area contributed by atoms with Gasteiger partial charge in [0, 0.05) is 25.8 Å². The van der Waals surface area contributed by atoms with E-state index in [0.717, 1.165) is 25.3 Å². The van der Waals surface area contributed by atoms with Gasteiger partial charge in [0.05, 0.1) is 5.69 Å². The lowest BCUT2D eigenvalue weighted by Gasteiger charge is -2.23. The third-order valence-corrected chi connectivity index (χ3v) is 4.75. The Balaban J connectivity index is 2.11. The molecule has 6 nitrogen and oxygen atoms in total. The second kappa shape index (κ2) is 5.59. The molecule has 1 aliphatic rings. The third-order valence-electron chi connectivity index (χ3n) is 3.76. The number of rotatable bonds is 4. The van der Waals surface area contributed by atoms with E-state index in [-0.39, 0.29) is 10.6 Å². The predicted molar refractivity (Wildman–Crippen MR) is 81.1 cm³/mol. The lowest BCUT2D eigenvalue weighted by atomic mass is 10.1. The topological polar surface area (TPSA) is 92.7 Å². The summed E-state index contributed by atoms with van der Waals surface area (Å²) in [6.07, 6.45) is 1.19. The number of primary sulfonamides is 1. The third kappa shape index (κ3) is 3.41. The molecule has 112 valence electrons. The van der Waals surface area contributed by atoms with Crippen molar-refractivity contribution >= 4 is 21.4 Å². The van der Waals surface area contributed by atoms with E-state index < -0.39 is 10.0 Å². The van der Waals surface area contributed by atoms with Gasteiger partial charge in [0.1, 0.15) is 4.90 Å². The molecule has 0 amide bonds. The Labute approximate surface area is 120 Å². The standard InChI is InChI=1S/C13H22N4O2S/c1-16-6-5-10(8-16)9-17(2)11-3-4-13(12(14)7-11)20(15,18)19/h3-4,7,10H,5-6,8-9,14H2,1-2H3,(H2,15,18,19). The van der Waals surface area contributed by atoms with Crippen molar-refractivity contribution in [3.05, 3.63) is 18.2 Å². The second-order valence-corrected chi connectivity index (χ2v) is 7.09. The number of nitrogens with two attached hydrogens (primary N) is 2. The smallest absolute Gasteiger partial charge is 0.240 e. The Morgan fingerprint density at radius 1 is 1.45 bits per heavy atom. The molecule has 7 heteroatoms. The van der Waals surface area contributed by atoms with Crippen LogP contribution >= 0.6 is 0 Å². The fraction of sp³-hybridized carbons (Fsp3) is 0.538. The summed E-state index contributed by atoms with van der Waals surface area (Å²) in [7, 11) is 0.358. The summed E-state index contributed by atoms with van der Waals surface area (Å²) in [6, 6.07) is 4.88. The van der Waals surface area contributed by atoms with Gasteiger partial charge in [-0.05, 0) is 44.1 Å². The number of nitrogen functional groups attached to an aromatic ring is 1. The largest absolute Gasteiger partial charge is 0.398 e. The summed E-state index contributed by atoms with van der Waals surface area (Å²) in [5, 5.41) is 5.10. The molecule has 20 heavy (non-hydrogen) atoms. The molecule has 1 aromatic carbocycles. The van der Waals surface area contributed by atoms with Crippen molar-refractivity contribution in [2.24, 2.45) is 11.1 Å². The molecule has 0 radical (unpaired) electrons. The van der Waals surface area contributed by atoms with E-state index in [1.807, 2.05) is 7.05 Å². The fourth-order valence-corrected chi connectivity index (χ4v) is 3.35. The Morgan fingerprint density at radius 3 is 2.65 bits per heavy atom. The van der Waals surface area contributed by atoms with Crippen LogP contribution in [0.3, 0.4) is 0 Å². The molecule has 0 aromatic heterocycles. The van der Waals surface area contributed by atoms with Crippen molar-refractivity contribution in [1.82, 2.24) is 4.90 Å². The summed E-state index contributed by atoms with van der Waals surface area (Å²) >= 11 is 0. The summed E-state index contributed by atoms with van der Waals surface area (Å²) < 4.78 is 22.7. The predicted octanol–water partition coefficient (Wildman–Crippen LogP) is 0.304. The minimum absolute atomic E-state index is 0.0183. The van der Waals surface area contributed by atoms with Gasteiger partial charge in [-0.25, -0.2) is 13.6 Å². The van der Waals surface area contributed by atoms with E-state index in [1.165, 1.54) is 12.5 Å². The molecule has 1 heterocycles. The highest BCUT2D eigenvalue weighted by Crippen LogP contribution is 2.25. The zero-order chi connectivity index (χ0) is 14.9. The van der Waals surface area contributed by atoms with Gasteiger partial charge in [-0.2, -0.15) is 0 Å². The van der Waals surface area contributed by atoms with Crippen LogP contribution in [-0.4, -0.2) is 47.0 Å². The number of nitrogens with zero attached hydrogens (tertiary/aromatic N) is 2. The van der Waals surface area contributed by atoms with Crippen LogP contribution in [-0.2, 0) is 10.0 Å². The highest BCUT2D eigenvalue weighted by molar-refractivity contribution is 7.89. The van der Waals surface area contributed by atoms with Crippen molar-refractivity contribution in [2.45, 2.75) is 11.3 Å². The van der Waals surface area contributed by atoms with Crippen LogP contribution in [0.15, 0.2) is 23.1 Å². The zero-order valence-corrected chi connectivity index (χ0v) is 12.7. The van der Waals surface area contributed by atoms with Crippen LogP contribution in [0.25, 0.3) is 0 Å². The van der Waals surface area contributed by atoms with E-state index in [0.29, 0.717) is 5.92 Å². The summed E-state index contributed by atoms with van der Waals surface area (Å²) in [5.41, 5.74) is 6.88. The minimum atomic E-state index is -3.76. The first-order valence-electron chi connectivity index (χ1n) is 6.59. The average Bonchev–Trinajstić information content (AvgIpc) is 2.73. The Hall–Kier alpha value is -1.31. The van der Waals surface area contributed by atoms with Gasteiger partial charge in [-0.15, -0.1) is 0 Å². The minimum Gasteiger partial charge on any atom is -0.398 e. The van der Waals surface area contributed by atoms with Crippen LogP contribution < -0.4 is 15.8 Å². The van der Waals surface area contributed by atoms with Crippen molar-refractivity contribution in [1.29, 1.82) is 0 Å². The van der Waals surface area contributed by atoms with Crippen LogP contribution in [0, 0.1) is 5.92 Å². The molecule has 1 saturated heterocycles. The van der Waals surface area contributed by atoms with Gasteiger partial charge < -0.3 is 15.5 Å². The number of likely N-dealkylation sites (tertiary alicyclic amines) is 1. The Kier molecular flexibility index (Phi) is 4.22. The molecule has 2 rings (SSSR count). The molecule has 0 aliphatic carbocycles. The van der Waals surface area contributed by atoms with Crippen LogP contribution in [0.5, 0.6) is 0 Å². The molecular formula is C13H22N4O2S. The molecule has 1 aliphatic heterocycles. The summed E-state index contributed by atoms with van der Waals surface area (Å²) in [6.45, 7) is 3.15. The Bertz CT molecular complexity index is 588. The lowest BCUT2D eigenvalue weighted by molar-refractivity contribution is 0.396. The maximum absolute atomic E-state index is 11.3.